The number of halogens is 1. The van der Waals surface area contributed by atoms with Crippen LogP contribution < -0.4 is 15.5 Å². The van der Waals surface area contributed by atoms with Crippen LogP contribution in [0.3, 0.4) is 0 Å². The minimum absolute atomic E-state index is 0.0305. The lowest BCUT2D eigenvalue weighted by molar-refractivity contribution is -0.0938. The molecule has 4 aromatic heterocycles. The monoisotopic (exact) mass is 681 g/mol. The van der Waals surface area contributed by atoms with Gasteiger partial charge in [0.2, 0.25) is 5.95 Å². The highest BCUT2D eigenvalue weighted by Gasteiger charge is 2.55. The number of hydrogen-bond donors (Lipinski definition) is 3. The maximum absolute atomic E-state index is 14.4. The Kier molecular flexibility index (Phi) is 8.56. The molecule has 9 rings (SSSR count). The first-order valence-electron chi connectivity index (χ1n) is 18.2. The Morgan fingerprint density at radius 2 is 1.68 bits per heavy atom. The number of fused-ring (bicyclic) bond motifs is 2. The lowest BCUT2D eigenvalue weighted by Crippen LogP contribution is -2.53. The second-order valence-corrected chi connectivity index (χ2v) is 15.3. The van der Waals surface area contributed by atoms with Crippen LogP contribution in [-0.4, -0.2) is 70.4 Å². The van der Waals surface area contributed by atoms with E-state index in [1.54, 1.807) is 10.9 Å². The van der Waals surface area contributed by atoms with E-state index < -0.39 is 6.08 Å². The number of aryl methyl sites for hydroxylation is 1. The van der Waals surface area contributed by atoms with Crippen molar-refractivity contribution >= 4 is 39.9 Å². The van der Waals surface area contributed by atoms with Gasteiger partial charge in [0.25, 0.3) is 0 Å². The molecule has 12 nitrogen and oxygen atoms in total. The molecule has 4 atom stereocenters. The summed E-state index contributed by atoms with van der Waals surface area (Å²) in [5.41, 5.74) is 4.06. The standard InChI is InChI=1S/C37H48FN11O/c1-5-27(18-50)48(4)36-44-31(39-17-23-9-7-6-8-10-23)30-34(46-36)49(21-42-30)22(2)11-28-25-12-24-13-26(28)16-37(14-24,15-25)19-40-32-29-33(45-35(38)43-32)47(3)20-41-29/h6-10,20-22,24-28,50H,5,11-19H2,1-4H3,(H,39,44,46)(H,40,43,45)/t22?,24?,25?,26?,27-,28?,37?/m1/s1. The molecule has 50 heavy (non-hydrogen) atoms. The largest absolute Gasteiger partial charge is 0.394 e. The van der Waals surface area contributed by atoms with Crippen molar-refractivity contribution in [2.75, 3.05) is 35.7 Å². The van der Waals surface area contributed by atoms with E-state index in [9.17, 15) is 9.50 Å². The number of aliphatic hydroxyl groups is 1. The zero-order valence-electron chi connectivity index (χ0n) is 29.4. The molecule has 4 saturated carbocycles. The number of anilines is 3. The first-order valence-corrected chi connectivity index (χ1v) is 18.2. The zero-order valence-corrected chi connectivity index (χ0v) is 29.4. The molecule has 0 saturated heterocycles. The Hall–Kier alpha value is -4.39. The first kappa shape index (κ1) is 32.8. The number of benzene rings is 1. The summed E-state index contributed by atoms with van der Waals surface area (Å²) in [5.74, 6) is 4.47. The van der Waals surface area contributed by atoms with E-state index in [4.69, 9.17) is 15.0 Å². The van der Waals surface area contributed by atoms with Crippen LogP contribution in [0.2, 0.25) is 0 Å². The summed E-state index contributed by atoms with van der Waals surface area (Å²) in [6, 6.07) is 10.4. The highest BCUT2D eigenvalue weighted by molar-refractivity contribution is 5.84. The van der Waals surface area contributed by atoms with E-state index in [1.807, 2.05) is 43.5 Å². The molecule has 13 heteroatoms. The third-order valence-electron chi connectivity index (χ3n) is 12.1. The van der Waals surface area contributed by atoms with E-state index in [1.165, 1.54) is 32.1 Å². The Morgan fingerprint density at radius 1 is 0.960 bits per heavy atom. The molecule has 0 spiro atoms. The summed E-state index contributed by atoms with van der Waals surface area (Å²) >= 11 is 0. The van der Waals surface area contributed by atoms with Gasteiger partial charge in [0.15, 0.2) is 34.0 Å². The Labute approximate surface area is 292 Å². The third-order valence-corrected chi connectivity index (χ3v) is 12.1. The minimum atomic E-state index is -0.725. The van der Waals surface area contributed by atoms with Gasteiger partial charge in [-0.2, -0.15) is 24.3 Å². The van der Waals surface area contributed by atoms with Gasteiger partial charge in [-0.1, -0.05) is 37.3 Å². The highest BCUT2D eigenvalue weighted by atomic mass is 19.1. The summed E-state index contributed by atoms with van der Waals surface area (Å²) in [5, 5.41) is 17.2. The van der Waals surface area contributed by atoms with Crippen molar-refractivity contribution in [3.8, 4) is 0 Å². The minimum Gasteiger partial charge on any atom is -0.394 e. The van der Waals surface area contributed by atoms with E-state index in [0.29, 0.717) is 53.0 Å². The number of imidazole rings is 2. The molecule has 4 fully saturated rings. The number of likely N-dealkylation sites (N-methyl/N-ethyl adjacent to an activating group) is 1. The Balaban J connectivity index is 1.02. The summed E-state index contributed by atoms with van der Waals surface area (Å²) in [6.45, 7) is 5.81. The lowest BCUT2D eigenvalue weighted by Gasteiger charge is -2.60. The fraction of sp³-hybridized carbons (Fsp3) is 0.568. The highest BCUT2D eigenvalue weighted by Crippen LogP contribution is 2.63. The van der Waals surface area contributed by atoms with Gasteiger partial charge in [0.05, 0.1) is 25.3 Å². The van der Waals surface area contributed by atoms with E-state index >= 15 is 0 Å². The van der Waals surface area contributed by atoms with E-state index in [0.717, 1.165) is 42.0 Å². The topological polar surface area (TPSA) is 135 Å². The fourth-order valence-corrected chi connectivity index (χ4v) is 9.76. The van der Waals surface area contributed by atoms with Crippen LogP contribution in [0.1, 0.15) is 70.4 Å². The van der Waals surface area contributed by atoms with Crippen LogP contribution >= 0.6 is 0 Å². The maximum atomic E-state index is 14.4. The summed E-state index contributed by atoms with van der Waals surface area (Å²) in [7, 11) is 3.78. The lowest BCUT2D eigenvalue weighted by atomic mass is 9.45. The number of hydrogen-bond acceptors (Lipinski definition) is 10. The smallest absolute Gasteiger partial charge is 0.312 e. The molecule has 0 radical (unpaired) electrons. The number of rotatable bonds is 13. The molecule has 3 N–H and O–H groups in total. The predicted octanol–water partition coefficient (Wildman–Crippen LogP) is 5.97. The molecule has 3 unspecified atom stereocenters. The van der Waals surface area contributed by atoms with Crippen molar-refractivity contribution < 1.29 is 9.50 Å². The van der Waals surface area contributed by atoms with Gasteiger partial charge < -0.3 is 29.8 Å². The molecule has 4 heterocycles. The van der Waals surface area contributed by atoms with Gasteiger partial charge >= 0.3 is 6.08 Å². The van der Waals surface area contributed by atoms with Crippen LogP contribution in [0.4, 0.5) is 22.0 Å². The second-order valence-electron chi connectivity index (χ2n) is 15.3. The van der Waals surface area contributed by atoms with Crippen molar-refractivity contribution in [1.29, 1.82) is 0 Å². The normalized spacial score (nSPS) is 25.3. The molecule has 0 aliphatic heterocycles. The Morgan fingerprint density at radius 3 is 2.42 bits per heavy atom. The van der Waals surface area contributed by atoms with Crippen LogP contribution in [0.15, 0.2) is 43.0 Å². The molecule has 4 bridgehead atoms. The molecule has 0 amide bonds. The van der Waals surface area contributed by atoms with Gasteiger partial charge in [-0.3, -0.25) is 0 Å². The Bertz CT molecular complexity index is 1960. The van der Waals surface area contributed by atoms with Gasteiger partial charge in [0, 0.05) is 33.2 Å². The SMILES string of the molecule is CC[C@H](CO)N(C)c1nc(NCc2ccccc2)c2ncn(C(C)CC3C4CC5CC3CC(CNc3nc(F)nc6c3ncn6C)(C5)C4)c2n1. The molecule has 5 aromatic rings. The zero-order chi connectivity index (χ0) is 34.6. The second kappa shape index (κ2) is 13.1. The van der Waals surface area contributed by atoms with Crippen molar-refractivity contribution in [2.45, 2.75) is 77.4 Å². The van der Waals surface area contributed by atoms with Gasteiger partial charge in [-0.05, 0) is 86.5 Å². The summed E-state index contributed by atoms with van der Waals surface area (Å²) in [6.07, 6.45) is 10.9. The van der Waals surface area contributed by atoms with E-state index in [-0.39, 0.29) is 24.1 Å². The van der Waals surface area contributed by atoms with Gasteiger partial charge in [-0.15, -0.1) is 0 Å². The molecular formula is C37H48FN11O. The third kappa shape index (κ3) is 5.92. The van der Waals surface area contributed by atoms with Gasteiger partial charge in [-0.25, -0.2) is 9.97 Å². The number of nitrogens with zero attached hydrogens (tertiary/aromatic N) is 9. The average Bonchev–Trinajstić information content (AvgIpc) is 3.72. The van der Waals surface area contributed by atoms with Crippen LogP contribution in [0.25, 0.3) is 22.3 Å². The average molecular weight is 682 g/mol. The van der Waals surface area contributed by atoms with Crippen LogP contribution in [0, 0.1) is 35.2 Å². The molecule has 4 aliphatic carbocycles. The maximum Gasteiger partial charge on any atom is 0.312 e. The van der Waals surface area contributed by atoms with Crippen molar-refractivity contribution in [2.24, 2.45) is 36.1 Å². The predicted molar refractivity (Wildman–Crippen MR) is 192 cm³/mol. The molecule has 1 aromatic carbocycles. The molecule has 264 valence electrons. The van der Waals surface area contributed by atoms with Crippen LogP contribution in [-0.2, 0) is 13.6 Å². The number of aliphatic hydroxyl groups excluding tert-OH is 1. The summed E-state index contributed by atoms with van der Waals surface area (Å²) < 4.78 is 18.3. The molecule has 4 aliphatic rings. The van der Waals surface area contributed by atoms with Crippen molar-refractivity contribution in [3.63, 3.8) is 0 Å². The molecular weight excluding hydrogens is 633 g/mol. The van der Waals surface area contributed by atoms with Crippen LogP contribution in [0.5, 0.6) is 0 Å². The summed E-state index contributed by atoms with van der Waals surface area (Å²) in [4.78, 5) is 29.4. The van der Waals surface area contributed by atoms with Crippen molar-refractivity contribution in [3.05, 3.63) is 54.6 Å². The quantitative estimate of drug-likeness (QED) is 0.128. The first-order chi connectivity index (χ1) is 24.2. The fourth-order valence-electron chi connectivity index (χ4n) is 9.76. The van der Waals surface area contributed by atoms with E-state index in [2.05, 4.69) is 56.1 Å². The number of aromatic nitrogens is 8. The van der Waals surface area contributed by atoms with Crippen molar-refractivity contribution in [1.82, 2.24) is 39.0 Å². The number of nitrogens with one attached hydrogen (secondary N) is 2. The van der Waals surface area contributed by atoms with Gasteiger partial charge in [0.1, 0.15) is 0 Å².